The average Bonchev–Trinajstić information content (AvgIpc) is 2.11. The molecule has 108 valence electrons. The van der Waals surface area contributed by atoms with E-state index in [2.05, 4.69) is 0 Å². The molecule has 2 N–H and O–H groups in total. The molecule has 0 fully saturated rings. The first-order chi connectivity index (χ1) is 8.44. The first-order valence-corrected chi connectivity index (χ1v) is 5.40. The lowest BCUT2D eigenvalue weighted by Crippen LogP contribution is -2.44. The number of halogens is 6. The van der Waals surface area contributed by atoms with Gasteiger partial charge in [0.2, 0.25) is 0 Å². The van der Waals surface area contributed by atoms with Gasteiger partial charge in [-0.3, -0.25) is 0 Å². The maximum Gasteiger partial charge on any atom is 0.402 e. The van der Waals surface area contributed by atoms with Gasteiger partial charge in [0.1, 0.15) is 0 Å². The molecule has 0 amide bonds. The quantitative estimate of drug-likeness (QED) is 0.815. The predicted molar refractivity (Wildman–Crippen MR) is 58.4 cm³/mol. The van der Waals surface area contributed by atoms with E-state index in [1.807, 2.05) is 0 Å². The van der Waals surface area contributed by atoms with E-state index in [1.54, 1.807) is 6.92 Å². The lowest BCUT2D eigenvalue weighted by Gasteiger charge is -2.29. The fraction of sp³-hybridized carbons (Fsp3) is 0.500. The lowest BCUT2D eigenvalue weighted by molar-refractivity contribution is -0.290. The molecule has 0 aliphatic heterocycles. The number of alkyl halides is 6. The summed E-state index contributed by atoms with van der Waals surface area (Å²) in [5, 5.41) is 0. The first-order valence-electron chi connectivity index (χ1n) is 5.40. The number of aryl methyl sites for hydroxylation is 2. The molecule has 0 saturated heterocycles. The molecule has 0 aliphatic carbocycles. The summed E-state index contributed by atoms with van der Waals surface area (Å²) >= 11 is 0. The zero-order chi connectivity index (χ0) is 15.0. The standard InChI is InChI=1S/C12H13F6N/c1-6-3-4-8(7(2)5-6)9(19)10(11(13,14)15)12(16,17)18/h3-5,9-10H,19H2,1-2H3. The highest BCUT2D eigenvalue weighted by molar-refractivity contribution is 5.33. The lowest BCUT2D eigenvalue weighted by atomic mass is 9.89. The number of hydrogen-bond acceptors (Lipinski definition) is 1. The Morgan fingerprint density at radius 3 is 1.79 bits per heavy atom. The Hall–Kier alpha value is -1.24. The van der Waals surface area contributed by atoms with Gasteiger partial charge in [0, 0.05) is 0 Å². The monoisotopic (exact) mass is 285 g/mol. The SMILES string of the molecule is Cc1ccc(C(N)C(C(F)(F)F)C(F)(F)F)c(C)c1. The van der Waals surface area contributed by atoms with Gasteiger partial charge in [-0.2, -0.15) is 26.3 Å². The van der Waals surface area contributed by atoms with Crippen LogP contribution in [0.3, 0.4) is 0 Å². The van der Waals surface area contributed by atoms with Gasteiger partial charge in [-0.15, -0.1) is 0 Å². The van der Waals surface area contributed by atoms with E-state index in [-0.39, 0.29) is 5.56 Å². The van der Waals surface area contributed by atoms with Crippen molar-refractivity contribution in [3.05, 3.63) is 34.9 Å². The van der Waals surface area contributed by atoms with Gasteiger partial charge in [-0.05, 0) is 25.0 Å². The minimum atomic E-state index is -5.44. The van der Waals surface area contributed by atoms with E-state index in [9.17, 15) is 26.3 Å². The van der Waals surface area contributed by atoms with Crippen molar-refractivity contribution in [2.24, 2.45) is 11.7 Å². The number of nitrogens with two attached hydrogens (primary N) is 1. The van der Waals surface area contributed by atoms with Gasteiger partial charge >= 0.3 is 12.4 Å². The highest BCUT2D eigenvalue weighted by Gasteiger charge is 2.59. The maximum absolute atomic E-state index is 12.6. The van der Waals surface area contributed by atoms with Crippen molar-refractivity contribution in [1.29, 1.82) is 0 Å². The molecular formula is C12H13F6N. The predicted octanol–water partition coefficient (Wildman–Crippen LogP) is 4.04. The van der Waals surface area contributed by atoms with Crippen molar-refractivity contribution in [3.8, 4) is 0 Å². The molecule has 1 aromatic carbocycles. The molecule has 0 spiro atoms. The Labute approximate surface area is 106 Å². The zero-order valence-electron chi connectivity index (χ0n) is 10.2. The second-order valence-corrected chi connectivity index (χ2v) is 4.45. The first kappa shape index (κ1) is 15.8. The zero-order valence-corrected chi connectivity index (χ0v) is 10.2. The summed E-state index contributed by atoms with van der Waals surface area (Å²) in [7, 11) is 0. The van der Waals surface area contributed by atoms with Gasteiger partial charge in [-0.1, -0.05) is 23.8 Å². The minimum absolute atomic E-state index is 0.148. The Bertz CT molecular complexity index is 435. The van der Waals surface area contributed by atoms with Crippen molar-refractivity contribution >= 4 is 0 Å². The van der Waals surface area contributed by atoms with Gasteiger partial charge in [0.15, 0.2) is 5.92 Å². The van der Waals surface area contributed by atoms with Gasteiger partial charge in [0.25, 0.3) is 0 Å². The Kier molecular flexibility index (Phi) is 4.19. The van der Waals surface area contributed by atoms with Crippen LogP contribution < -0.4 is 5.73 Å². The van der Waals surface area contributed by atoms with Gasteiger partial charge in [0.05, 0.1) is 6.04 Å². The summed E-state index contributed by atoms with van der Waals surface area (Å²) in [6, 6.07) is 1.98. The summed E-state index contributed by atoms with van der Waals surface area (Å²) in [5.74, 6) is -3.57. The van der Waals surface area contributed by atoms with Crippen LogP contribution in [0.1, 0.15) is 22.7 Å². The normalized spacial score (nSPS) is 14.8. The molecule has 1 atom stereocenters. The summed E-state index contributed by atoms with van der Waals surface area (Å²) in [5.41, 5.74) is 6.13. The van der Waals surface area contributed by atoms with E-state index >= 15 is 0 Å². The summed E-state index contributed by atoms with van der Waals surface area (Å²) in [4.78, 5) is 0. The van der Waals surface area contributed by atoms with E-state index in [0.29, 0.717) is 5.56 Å². The third kappa shape index (κ3) is 3.62. The van der Waals surface area contributed by atoms with Crippen molar-refractivity contribution < 1.29 is 26.3 Å². The Morgan fingerprint density at radius 1 is 0.947 bits per heavy atom. The molecule has 0 radical (unpaired) electrons. The third-order valence-corrected chi connectivity index (χ3v) is 2.85. The molecule has 0 aliphatic rings. The van der Waals surface area contributed by atoms with E-state index in [0.717, 1.165) is 5.56 Å². The van der Waals surface area contributed by atoms with Gasteiger partial charge in [-0.25, -0.2) is 0 Å². The van der Waals surface area contributed by atoms with Crippen LogP contribution in [-0.4, -0.2) is 12.4 Å². The van der Waals surface area contributed by atoms with Crippen LogP contribution >= 0.6 is 0 Å². The molecule has 1 rings (SSSR count). The highest BCUT2D eigenvalue weighted by atomic mass is 19.4. The molecular weight excluding hydrogens is 272 g/mol. The highest BCUT2D eigenvalue weighted by Crippen LogP contribution is 2.45. The van der Waals surface area contributed by atoms with Crippen LogP contribution in [0.5, 0.6) is 0 Å². The molecule has 7 heteroatoms. The summed E-state index contributed by atoms with van der Waals surface area (Å²) in [6.07, 6.45) is -10.9. The summed E-state index contributed by atoms with van der Waals surface area (Å²) < 4.78 is 75.4. The van der Waals surface area contributed by atoms with Crippen LogP contribution in [-0.2, 0) is 0 Å². The minimum Gasteiger partial charge on any atom is -0.323 e. The van der Waals surface area contributed by atoms with E-state index in [4.69, 9.17) is 5.73 Å². The molecule has 1 nitrogen and oxygen atoms in total. The molecule has 0 saturated carbocycles. The fourth-order valence-electron chi connectivity index (χ4n) is 1.97. The number of benzene rings is 1. The van der Waals surface area contributed by atoms with Crippen molar-refractivity contribution in [2.45, 2.75) is 32.2 Å². The molecule has 0 heterocycles. The van der Waals surface area contributed by atoms with Gasteiger partial charge < -0.3 is 5.73 Å². The van der Waals surface area contributed by atoms with Crippen LogP contribution in [0.2, 0.25) is 0 Å². The Balaban J connectivity index is 3.24. The van der Waals surface area contributed by atoms with Crippen LogP contribution in [0, 0.1) is 19.8 Å². The van der Waals surface area contributed by atoms with Crippen molar-refractivity contribution in [2.75, 3.05) is 0 Å². The summed E-state index contributed by atoms with van der Waals surface area (Å²) in [6.45, 7) is 3.12. The van der Waals surface area contributed by atoms with E-state index < -0.39 is 24.3 Å². The van der Waals surface area contributed by atoms with Crippen LogP contribution in [0.25, 0.3) is 0 Å². The molecule has 1 unspecified atom stereocenters. The van der Waals surface area contributed by atoms with Crippen molar-refractivity contribution in [1.82, 2.24) is 0 Å². The number of rotatable bonds is 2. The largest absolute Gasteiger partial charge is 0.402 e. The number of hydrogen-bond donors (Lipinski definition) is 1. The van der Waals surface area contributed by atoms with Crippen LogP contribution in [0.15, 0.2) is 18.2 Å². The topological polar surface area (TPSA) is 26.0 Å². The smallest absolute Gasteiger partial charge is 0.323 e. The molecule has 0 bridgehead atoms. The molecule has 1 aromatic rings. The second-order valence-electron chi connectivity index (χ2n) is 4.45. The molecule has 19 heavy (non-hydrogen) atoms. The Morgan fingerprint density at radius 2 is 1.42 bits per heavy atom. The van der Waals surface area contributed by atoms with Crippen LogP contribution in [0.4, 0.5) is 26.3 Å². The molecule has 0 aromatic heterocycles. The maximum atomic E-state index is 12.6. The average molecular weight is 285 g/mol. The van der Waals surface area contributed by atoms with Crippen molar-refractivity contribution in [3.63, 3.8) is 0 Å². The second kappa shape index (κ2) is 5.03. The third-order valence-electron chi connectivity index (χ3n) is 2.85. The van der Waals surface area contributed by atoms with E-state index in [1.165, 1.54) is 25.1 Å². The fourth-order valence-corrected chi connectivity index (χ4v) is 1.97.